The highest BCUT2D eigenvalue weighted by Crippen LogP contribution is 2.48. The zero-order valence-corrected chi connectivity index (χ0v) is 32.9. The molecule has 0 saturated carbocycles. The van der Waals surface area contributed by atoms with Crippen molar-refractivity contribution in [3.63, 3.8) is 0 Å². The Hall–Kier alpha value is -7.62. The van der Waals surface area contributed by atoms with E-state index in [1.165, 1.54) is 55.2 Å². The number of nitrogens with zero attached hydrogens (tertiary/aromatic N) is 2. The number of hydrogen-bond donors (Lipinski definition) is 0. The summed E-state index contributed by atoms with van der Waals surface area (Å²) in [6, 6.07) is 74.1. The van der Waals surface area contributed by atoms with Crippen molar-refractivity contribution in [2.45, 2.75) is 13.8 Å². The Labute approximate surface area is 343 Å². The van der Waals surface area contributed by atoms with Crippen molar-refractivity contribution in [1.29, 1.82) is 0 Å². The number of fused-ring (bicyclic) bond motifs is 6. The zero-order chi connectivity index (χ0) is 39.5. The third-order valence-corrected chi connectivity index (χ3v) is 11.8. The molecule has 0 N–H and O–H groups in total. The molecule has 0 radical (unpaired) electrons. The molecular formula is C56H40N2O. The number of aromatic nitrogens is 1. The summed E-state index contributed by atoms with van der Waals surface area (Å²) < 4.78 is 9.32. The highest BCUT2D eigenvalue weighted by atomic mass is 16.3. The van der Waals surface area contributed by atoms with Crippen LogP contribution in [0.25, 0.3) is 82.8 Å². The van der Waals surface area contributed by atoms with Crippen molar-refractivity contribution >= 4 is 60.8 Å². The summed E-state index contributed by atoms with van der Waals surface area (Å²) in [5.74, 6) is 0. The van der Waals surface area contributed by atoms with Gasteiger partial charge < -0.3 is 13.9 Å². The smallest absolute Gasteiger partial charge is 0.145 e. The van der Waals surface area contributed by atoms with Gasteiger partial charge in [0.05, 0.1) is 22.1 Å². The predicted octanol–water partition coefficient (Wildman–Crippen LogP) is 15.8. The third kappa shape index (κ3) is 5.82. The molecular weight excluding hydrogens is 717 g/mol. The largest absolute Gasteiger partial charge is 0.455 e. The van der Waals surface area contributed by atoms with Crippen LogP contribution in [0.4, 0.5) is 17.1 Å². The second-order valence-electron chi connectivity index (χ2n) is 15.4. The van der Waals surface area contributed by atoms with Crippen molar-refractivity contribution in [1.82, 2.24) is 4.57 Å². The van der Waals surface area contributed by atoms with E-state index in [-0.39, 0.29) is 0 Å². The maximum atomic E-state index is 6.95. The molecule has 0 unspecified atom stereocenters. The maximum Gasteiger partial charge on any atom is 0.145 e. The molecule has 0 fully saturated rings. The van der Waals surface area contributed by atoms with Gasteiger partial charge in [0.15, 0.2) is 0 Å². The summed E-state index contributed by atoms with van der Waals surface area (Å²) in [4.78, 5) is 2.43. The first-order chi connectivity index (χ1) is 29.1. The minimum atomic E-state index is 0.862. The number of aryl methyl sites for hydroxylation is 2. The predicted molar refractivity (Wildman–Crippen MR) is 249 cm³/mol. The van der Waals surface area contributed by atoms with Crippen LogP contribution in [0.1, 0.15) is 11.1 Å². The highest BCUT2D eigenvalue weighted by Gasteiger charge is 2.24. The van der Waals surface area contributed by atoms with Crippen LogP contribution in [0, 0.1) is 13.8 Å². The van der Waals surface area contributed by atoms with E-state index in [4.69, 9.17) is 4.42 Å². The molecule has 0 atom stereocenters. The molecule has 59 heavy (non-hydrogen) atoms. The van der Waals surface area contributed by atoms with Gasteiger partial charge in [-0.1, -0.05) is 140 Å². The average Bonchev–Trinajstić information content (AvgIpc) is 3.85. The second kappa shape index (κ2) is 14.1. The van der Waals surface area contributed by atoms with E-state index in [1.54, 1.807) is 0 Å². The minimum Gasteiger partial charge on any atom is -0.455 e. The summed E-state index contributed by atoms with van der Waals surface area (Å²) in [6.07, 6.45) is 0. The van der Waals surface area contributed by atoms with E-state index in [2.05, 4.69) is 230 Å². The summed E-state index contributed by atoms with van der Waals surface area (Å²) in [5, 5.41) is 4.66. The number of para-hydroxylation sites is 3. The third-order valence-electron chi connectivity index (χ3n) is 11.8. The molecule has 0 aliphatic heterocycles. The molecule has 0 aliphatic rings. The topological polar surface area (TPSA) is 21.3 Å². The Morgan fingerprint density at radius 1 is 0.407 bits per heavy atom. The summed E-state index contributed by atoms with van der Waals surface area (Å²) in [7, 11) is 0. The number of furan rings is 1. The van der Waals surface area contributed by atoms with E-state index >= 15 is 0 Å². The van der Waals surface area contributed by atoms with Crippen LogP contribution in [-0.4, -0.2) is 4.57 Å². The van der Waals surface area contributed by atoms with Gasteiger partial charge in [0, 0.05) is 38.8 Å². The zero-order valence-electron chi connectivity index (χ0n) is 32.9. The molecule has 2 aromatic heterocycles. The number of anilines is 3. The van der Waals surface area contributed by atoms with Crippen LogP contribution in [0.2, 0.25) is 0 Å². The molecule has 0 spiro atoms. The Balaban J connectivity index is 1.13. The van der Waals surface area contributed by atoms with Gasteiger partial charge in [0.2, 0.25) is 0 Å². The normalized spacial score (nSPS) is 11.6. The number of rotatable bonds is 7. The minimum absolute atomic E-state index is 0.862. The van der Waals surface area contributed by atoms with Gasteiger partial charge in [0.1, 0.15) is 11.2 Å². The Bertz CT molecular complexity index is 3300. The average molecular weight is 757 g/mol. The summed E-state index contributed by atoms with van der Waals surface area (Å²) in [5.41, 5.74) is 17.8. The lowest BCUT2D eigenvalue weighted by Crippen LogP contribution is -2.12. The van der Waals surface area contributed by atoms with Crippen molar-refractivity contribution in [3.05, 3.63) is 217 Å². The molecule has 280 valence electrons. The summed E-state index contributed by atoms with van der Waals surface area (Å²) in [6.45, 7) is 4.44. The Kier molecular flexibility index (Phi) is 8.27. The molecule has 2 heterocycles. The first-order valence-electron chi connectivity index (χ1n) is 20.3. The molecule has 11 aromatic rings. The highest BCUT2D eigenvalue weighted by molar-refractivity contribution is 6.17. The lowest BCUT2D eigenvalue weighted by molar-refractivity contribution is 0.670. The molecule has 11 rings (SSSR count). The number of benzene rings is 9. The lowest BCUT2D eigenvalue weighted by Gasteiger charge is -2.29. The first kappa shape index (κ1) is 34.6. The van der Waals surface area contributed by atoms with Gasteiger partial charge in [-0.15, -0.1) is 0 Å². The fourth-order valence-corrected chi connectivity index (χ4v) is 9.09. The van der Waals surface area contributed by atoms with Gasteiger partial charge in [0.25, 0.3) is 0 Å². The van der Waals surface area contributed by atoms with E-state index in [1.807, 2.05) is 0 Å². The van der Waals surface area contributed by atoms with Gasteiger partial charge in [-0.2, -0.15) is 0 Å². The van der Waals surface area contributed by atoms with Crippen LogP contribution >= 0.6 is 0 Å². The molecule has 3 nitrogen and oxygen atoms in total. The molecule has 0 bridgehead atoms. The standard InChI is InChI=1S/C56H40N2O/c1-37-35-44(29-30-45(37)40-18-7-4-8-19-40)57(50-32-28-41(34-38(50)2)39-16-5-3-6-17-39)53-33-31-46(56-55(53)49-24-11-14-27-54(49)59-56)42-20-15-21-43(36-42)58-51-25-12-9-22-47(51)48-23-10-13-26-52(48)58/h3-36H,1-2H3. The van der Waals surface area contributed by atoms with Crippen LogP contribution < -0.4 is 4.90 Å². The molecule has 3 heteroatoms. The number of hydrogen-bond acceptors (Lipinski definition) is 2. The first-order valence-corrected chi connectivity index (χ1v) is 20.3. The monoisotopic (exact) mass is 756 g/mol. The molecule has 0 aliphatic carbocycles. The van der Waals surface area contributed by atoms with Crippen LogP contribution in [0.3, 0.4) is 0 Å². The molecule has 9 aromatic carbocycles. The van der Waals surface area contributed by atoms with Crippen molar-refractivity contribution in [3.8, 4) is 39.1 Å². The van der Waals surface area contributed by atoms with Gasteiger partial charge in [-0.25, -0.2) is 0 Å². The SMILES string of the molecule is Cc1cc(N(c2ccc(-c3ccccc3)cc2C)c2ccc(-c3cccc(-n4c5ccccc5c5ccccc54)c3)c3oc4ccccc4c23)ccc1-c1ccccc1. The Morgan fingerprint density at radius 3 is 1.73 bits per heavy atom. The van der Waals surface area contributed by atoms with Crippen LogP contribution in [0.5, 0.6) is 0 Å². The second-order valence-corrected chi connectivity index (χ2v) is 15.4. The Morgan fingerprint density at radius 2 is 1.02 bits per heavy atom. The fourth-order valence-electron chi connectivity index (χ4n) is 9.09. The van der Waals surface area contributed by atoms with Crippen molar-refractivity contribution < 1.29 is 4.42 Å². The van der Waals surface area contributed by atoms with Crippen molar-refractivity contribution in [2.75, 3.05) is 4.90 Å². The van der Waals surface area contributed by atoms with E-state index in [9.17, 15) is 0 Å². The lowest BCUT2D eigenvalue weighted by atomic mass is 9.96. The summed E-state index contributed by atoms with van der Waals surface area (Å²) >= 11 is 0. The quantitative estimate of drug-likeness (QED) is 0.161. The van der Waals surface area contributed by atoms with Gasteiger partial charge in [-0.3, -0.25) is 0 Å². The van der Waals surface area contributed by atoms with Crippen LogP contribution in [0.15, 0.2) is 211 Å². The van der Waals surface area contributed by atoms with Gasteiger partial charge in [-0.05, 0) is 120 Å². The fraction of sp³-hybridized carbons (Fsp3) is 0.0357. The maximum absolute atomic E-state index is 6.95. The van der Waals surface area contributed by atoms with E-state index in [0.29, 0.717) is 0 Å². The molecule has 0 saturated heterocycles. The van der Waals surface area contributed by atoms with E-state index in [0.717, 1.165) is 55.8 Å². The molecule has 0 amide bonds. The van der Waals surface area contributed by atoms with Crippen molar-refractivity contribution in [2.24, 2.45) is 0 Å². The van der Waals surface area contributed by atoms with Crippen LogP contribution in [-0.2, 0) is 0 Å². The van der Waals surface area contributed by atoms with E-state index < -0.39 is 0 Å². The van der Waals surface area contributed by atoms with Gasteiger partial charge >= 0.3 is 0 Å².